The summed E-state index contributed by atoms with van der Waals surface area (Å²) in [5.41, 5.74) is 3.95. The van der Waals surface area contributed by atoms with Crippen LogP contribution in [0.4, 0.5) is 8.78 Å². The Bertz CT molecular complexity index is 294. The molecule has 2 nitrogen and oxygen atoms in total. The first-order valence-electron chi connectivity index (χ1n) is 3.85. The molecule has 0 aliphatic heterocycles. The maximum atomic E-state index is 12.6. The molecule has 1 aromatic carbocycles. The van der Waals surface area contributed by atoms with Gasteiger partial charge in [-0.25, -0.2) is 8.78 Å². The van der Waals surface area contributed by atoms with Crippen molar-refractivity contribution in [3.63, 3.8) is 0 Å². The van der Waals surface area contributed by atoms with Crippen LogP contribution in [0.2, 0.25) is 0 Å². The Morgan fingerprint density at radius 2 is 1.85 bits per heavy atom. The summed E-state index contributed by atoms with van der Waals surface area (Å²) < 4.78 is 25.3. The van der Waals surface area contributed by atoms with Crippen LogP contribution in [0, 0.1) is 11.6 Å². The second-order valence-electron chi connectivity index (χ2n) is 2.88. The molecule has 0 radical (unpaired) electrons. The summed E-state index contributed by atoms with van der Waals surface area (Å²) in [6, 6.07) is 2.74. The average Bonchev–Trinajstić information content (AvgIpc) is 2.02. The molecule has 0 aromatic heterocycles. The van der Waals surface area contributed by atoms with E-state index >= 15 is 0 Å². The fourth-order valence-electron chi connectivity index (χ4n) is 1.08. The molecule has 0 spiro atoms. The van der Waals surface area contributed by atoms with Gasteiger partial charge in [-0.1, -0.05) is 0 Å². The van der Waals surface area contributed by atoms with Gasteiger partial charge in [-0.3, -0.25) is 4.79 Å². The Hall–Kier alpha value is -1.29. The van der Waals surface area contributed by atoms with Crippen LogP contribution in [0.3, 0.4) is 0 Å². The van der Waals surface area contributed by atoms with Gasteiger partial charge in [-0.05, 0) is 17.7 Å². The van der Waals surface area contributed by atoms with Crippen molar-refractivity contribution in [2.24, 2.45) is 0 Å². The minimum absolute atomic E-state index is 0.262. The first-order valence-corrected chi connectivity index (χ1v) is 3.85. The number of carbonyl (C=O) groups excluding carboxylic acids is 1. The van der Waals surface area contributed by atoms with Gasteiger partial charge < -0.3 is 5.73 Å². The molecule has 1 atom stereocenters. The number of aldehydes is 1. The number of halogens is 2. The summed E-state index contributed by atoms with van der Waals surface area (Å²) in [5.74, 6) is -1.26. The van der Waals surface area contributed by atoms with E-state index in [2.05, 4.69) is 5.73 Å². The molecule has 3 N–H and O–H groups in total. The highest BCUT2D eigenvalue weighted by Gasteiger charge is 2.07. The van der Waals surface area contributed by atoms with Crippen molar-refractivity contribution in [1.82, 2.24) is 0 Å². The zero-order chi connectivity index (χ0) is 9.84. The second kappa shape index (κ2) is 4.09. The minimum Gasteiger partial charge on any atom is -0.349 e. The minimum atomic E-state index is -0.631. The van der Waals surface area contributed by atoms with Crippen LogP contribution < -0.4 is 5.73 Å². The quantitative estimate of drug-likeness (QED) is 0.679. The van der Waals surface area contributed by atoms with Gasteiger partial charge in [-0.15, -0.1) is 0 Å². The number of rotatable bonds is 3. The summed E-state index contributed by atoms with van der Waals surface area (Å²) >= 11 is 0. The third-order valence-corrected chi connectivity index (χ3v) is 1.61. The van der Waals surface area contributed by atoms with Crippen molar-refractivity contribution in [2.45, 2.75) is 12.5 Å². The van der Waals surface area contributed by atoms with Crippen LogP contribution in [0.25, 0.3) is 0 Å². The number of hydrogen-bond donors (Lipinski definition) is 1. The maximum absolute atomic E-state index is 12.6. The van der Waals surface area contributed by atoms with E-state index in [1.807, 2.05) is 0 Å². The molecule has 0 bridgehead atoms. The van der Waals surface area contributed by atoms with Crippen molar-refractivity contribution < 1.29 is 19.3 Å². The molecule has 0 aliphatic rings. The summed E-state index contributed by atoms with van der Waals surface area (Å²) in [4.78, 5) is 10.2. The summed E-state index contributed by atoms with van der Waals surface area (Å²) in [6.07, 6.45) is 0.918. The lowest BCUT2D eigenvalue weighted by Crippen LogP contribution is -2.62. The van der Waals surface area contributed by atoms with Crippen molar-refractivity contribution in [3.05, 3.63) is 35.4 Å². The molecule has 1 aromatic rings. The summed E-state index contributed by atoms with van der Waals surface area (Å²) in [5, 5.41) is 0. The van der Waals surface area contributed by atoms with Gasteiger partial charge in [0.2, 0.25) is 0 Å². The van der Waals surface area contributed by atoms with Gasteiger partial charge in [0.15, 0.2) is 6.29 Å². The highest BCUT2D eigenvalue weighted by atomic mass is 19.1. The Morgan fingerprint density at radius 3 is 2.31 bits per heavy atom. The Labute approximate surface area is 74.4 Å². The van der Waals surface area contributed by atoms with Gasteiger partial charge >= 0.3 is 0 Å². The van der Waals surface area contributed by atoms with E-state index < -0.39 is 17.7 Å². The highest BCUT2D eigenvalue weighted by Crippen LogP contribution is 2.08. The molecule has 1 rings (SSSR count). The number of hydrogen-bond acceptors (Lipinski definition) is 1. The lowest BCUT2D eigenvalue weighted by Gasteiger charge is -2.01. The van der Waals surface area contributed by atoms with Crippen LogP contribution >= 0.6 is 0 Å². The predicted octanol–water partition coefficient (Wildman–Crippen LogP) is 0.317. The van der Waals surface area contributed by atoms with Crippen molar-refractivity contribution in [3.8, 4) is 0 Å². The molecule has 4 heteroatoms. The van der Waals surface area contributed by atoms with Crippen LogP contribution in [0.5, 0.6) is 0 Å². The SMILES string of the molecule is [NH3+][C@H](C=O)Cc1cc(F)cc(F)c1. The maximum Gasteiger partial charge on any atom is 0.177 e. The molecule has 0 heterocycles. The molecule has 70 valence electrons. The first-order chi connectivity index (χ1) is 6.11. The van der Waals surface area contributed by atoms with E-state index in [1.54, 1.807) is 0 Å². The number of quaternary nitrogens is 1. The molecule has 13 heavy (non-hydrogen) atoms. The number of benzene rings is 1. The summed E-state index contributed by atoms with van der Waals surface area (Å²) in [6.45, 7) is 0. The third-order valence-electron chi connectivity index (χ3n) is 1.61. The molecule has 0 amide bonds. The standard InChI is InChI=1S/C9H9F2NO/c10-7-1-6(2-8(11)4-7)3-9(12)5-13/h1-2,4-5,9H,3,12H2/p+1/t9-/m0/s1. The lowest BCUT2D eigenvalue weighted by atomic mass is 10.1. The Balaban J connectivity index is 2.82. The van der Waals surface area contributed by atoms with E-state index in [9.17, 15) is 13.6 Å². The summed E-state index contributed by atoms with van der Waals surface area (Å²) in [7, 11) is 0. The van der Waals surface area contributed by atoms with E-state index in [4.69, 9.17) is 0 Å². The largest absolute Gasteiger partial charge is 0.349 e. The van der Waals surface area contributed by atoms with Crippen molar-refractivity contribution in [2.75, 3.05) is 0 Å². The van der Waals surface area contributed by atoms with Crippen molar-refractivity contribution >= 4 is 6.29 Å². The molecule has 0 saturated heterocycles. The Morgan fingerprint density at radius 1 is 1.31 bits per heavy atom. The lowest BCUT2D eigenvalue weighted by molar-refractivity contribution is -0.399. The van der Waals surface area contributed by atoms with Crippen molar-refractivity contribution in [1.29, 1.82) is 0 Å². The fourth-order valence-corrected chi connectivity index (χ4v) is 1.08. The van der Waals surface area contributed by atoms with E-state index in [0.717, 1.165) is 6.07 Å². The van der Waals surface area contributed by atoms with Crippen LogP contribution in [-0.2, 0) is 11.2 Å². The average molecular weight is 186 g/mol. The Kier molecular flexibility index (Phi) is 3.08. The van der Waals surface area contributed by atoms with Crippen LogP contribution in [0.1, 0.15) is 5.56 Å². The monoisotopic (exact) mass is 186 g/mol. The molecule has 0 aliphatic carbocycles. The topological polar surface area (TPSA) is 44.7 Å². The molecular weight excluding hydrogens is 176 g/mol. The van der Waals surface area contributed by atoms with E-state index in [0.29, 0.717) is 11.8 Å². The zero-order valence-electron chi connectivity index (χ0n) is 6.97. The van der Waals surface area contributed by atoms with Gasteiger partial charge in [0.25, 0.3) is 0 Å². The first kappa shape index (κ1) is 9.80. The molecule has 0 fully saturated rings. The molecule has 0 saturated carbocycles. The van der Waals surface area contributed by atoms with E-state index in [1.165, 1.54) is 12.1 Å². The van der Waals surface area contributed by atoms with Gasteiger partial charge in [0.1, 0.15) is 17.7 Å². The van der Waals surface area contributed by atoms with Crippen LogP contribution in [-0.4, -0.2) is 12.3 Å². The smallest absolute Gasteiger partial charge is 0.177 e. The van der Waals surface area contributed by atoms with Gasteiger partial charge in [0.05, 0.1) is 0 Å². The third kappa shape index (κ3) is 2.91. The van der Waals surface area contributed by atoms with Crippen LogP contribution in [0.15, 0.2) is 18.2 Å². The fraction of sp³-hybridized carbons (Fsp3) is 0.222. The molecular formula is C9H10F2NO+. The van der Waals surface area contributed by atoms with E-state index in [-0.39, 0.29) is 6.42 Å². The number of carbonyl (C=O) groups is 1. The van der Waals surface area contributed by atoms with Gasteiger partial charge in [-0.2, -0.15) is 0 Å². The van der Waals surface area contributed by atoms with Gasteiger partial charge in [0, 0.05) is 12.5 Å². The molecule has 0 unspecified atom stereocenters. The second-order valence-corrected chi connectivity index (χ2v) is 2.88. The normalized spacial score (nSPS) is 12.5. The predicted molar refractivity (Wildman–Crippen MR) is 42.8 cm³/mol. The highest BCUT2D eigenvalue weighted by molar-refractivity contribution is 5.55. The zero-order valence-corrected chi connectivity index (χ0v) is 6.97.